The quantitative estimate of drug-likeness (QED) is 0.828. The number of methoxy groups -OCH3 is 1. The van der Waals surface area contributed by atoms with Crippen LogP contribution >= 0.6 is 15.9 Å². The van der Waals surface area contributed by atoms with Crippen LogP contribution in [0, 0.1) is 0 Å². The van der Waals surface area contributed by atoms with Crippen molar-refractivity contribution in [2.45, 2.75) is 38.8 Å². The molecule has 0 saturated heterocycles. The normalized spacial score (nSPS) is 12.4. The Labute approximate surface area is 137 Å². The second kappa shape index (κ2) is 7.49. The van der Waals surface area contributed by atoms with Gasteiger partial charge in [-0.15, -0.1) is 0 Å². The van der Waals surface area contributed by atoms with Crippen LogP contribution in [0.15, 0.2) is 22.7 Å². The summed E-state index contributed by atoms with van der Waals surface area (Å²) in [5.74, 6) is -0.595. The Morgan fingerprint density at radius 2 is 2.00 bits per heavy atom. The number of carboxylic acids is 1. The molecule has 1 amide bonds. The molecule has 0 radical (unpaired) electrons. The molecule has 0 aliphatic rings. The molecule has 0 fully saturated rings. The van der Waals surface area contributed by atoms with E-state index >= 15 is 0 Å². The maximum Gasteiger partial charge on any atom is 0.408 e. The van der Waals surface area contributed by atoms with Crippen molar-refractivity contribution in [1.82, 2.24) is 5.32 Å². The molecular formula is C15H20BrNO5. The molecule has 0 aliphatic heterocycles. The number of hydrogen-bond donors (Lipinski definition) is 2. The minimum Gasteiger partial charge on any atom is -0.496 e. The molecule has 0 heterocycles. The number of halogens is 1. The Morgan fingerprint density at radius 1 is 1.36 bits per heavy atom. The maximum absolute atomic E-state index is 11.7. The summed E-state index contributed by atoms with van der Waals surface area (Å²) in [5, 5.41) is 11.6. The Bertz CT molecular complexity index is 553. The number of amides is 1. The van der Waals surface area contributed by atoms with Crippen molar-refractivity contribution in [2.24, 2.45) is 0 Å². The highest BCUT2D eigenvalue weighted by Crippen LogP contribution is 2.24. The topological polar surface area (TPSA) is 84.9 Å². The van der Waals surface area contributed by atoms with E-state index < -0.39 is 23.7 Å². The van der Waals surface area contributed by atoms with Crippen molar-refractivity contribution in [1.29, 1.82) is 0 Å². The molecule has 1 unspecified atom stereocenters. The number of aliphatic carboxylic acids is 1. The largest absolute Gasteiger partial charge is 0.496 e. The van der Waals surface area contributed by atoms with E-state index in [1.54, 1.807) is 39.0 Å². The molecule has 1 atom stereocenters. The fraction of sp³-hybridized carbons (Fsp3) is 0.467. The van der Waals surface area contributed by atoms with Crippen LogP contribution < -0.4 is 10.1 Å². The highest BCUT2D eigenvalue weighted by atomic mass is 79.9. The highest BCUT2D eigenvalue weighted by molar-refractivity contribution is 9.10. The molecule has 0 aliphatic carbocycles. The van der Waals surface area contributed by atoms with Gasteiger partial charge in [0.15, 0.2) is 0 Å². The van der Waals surface area contributed by atoms with Gasteiger partial charge in [-0.25, -0.2) is 9.59 Å². The Kier molecular flexibility index (Phi) is 6.22. The van der Waals surface area contributed by atoms with E-state index in [2.05, 4.69) is 21.2 Å². The molecule has 1 rings (SSSR count). The van der Waals surface area contributed by atoms with Crippen LogP contribution in [0.1, 0.15) is 26.3 Å². The fourth-order valence-corrected chi connectivity index (χ4v) is 2.10. The lowest BCUT2D eigenvalue weighted by Gasteiger charge is -2.22. The van der Waals surface area contributed by atoms with Crippen molar-refractivity contribution in [3.8, 4) is 5.75 Å². The summed E-state index contributed by atoms with van der Waals surface area (Å²) in [7, 11) is 1.50. The lowest BCUT2D eigenvalue weighted by molar-refractivity contribution is -0.139. The van der Waals surface area contributed by atoms with Crippen LogP contribution in [-0.4, -0.2) is 35.9 Å². The fourth-order valence-electron chi connectivity index (χ4n) is 1.76. The predicted octanol–water partition coefficient (Wildman–Crippen LogP) is 2.98. The molecule has 0 spiro atoms. The molecule has 7 heteroatoms. The SMILES string of the molecule is COc1cc(Br)ccc1CC(NC(=O)OC(C)(C)C)C(=O)O. The van der Waals surface area contributed by atoms with Gasteiger partial charge in [-0.2, -0.15) is 0 Å². The van der Waals surface area contributed by atoms with E-state index in [-0.39, 0.29) is 6.42 Å². The van der Waals surface area contributed by atoms with E-state index in [0.717, 1.165) is 4.47 Å². The van der Waals surface area contributed by atoms with Gasteiger partial charge >= 0.3 is 12.1 Å². The number of carboxylic acid groups (broad SMARTS) is 1. The van der Waals surface area contributed by atoms with E-state index in [1.807, 2.05) is 0 Å². The second-order valence-corrected chi connectivity index (χ2v) is 6.61. The number of benzene rings is 1. The zero-order valence-corrected chi connectivity index (χ0v) is 14.6. The molecule has 1 aromatic carbocycles. The van der Waals surface area contributed by atoms with Gasteiger partial charge in [0, 0.05) is 10.9 Å². The molecule has 0 bridgehead atoms. The Balaban J connectivity index is 2.85. The lowest BCUT2D eigenvalue weighted by atomic mass is 10.1. The van der Waals surface area contributed by atoms with E-state index in [4.69, 9.17) is 9.47 Å². The molecule has 122 valence electrons. The summed E-state index contributed by atoms with van der Waals surface area (Å²) in [6, 6.07) is 4.16. The minimum atomic E-state index is -1.14. The third-order valence-electron chi connectivity index (χ3n) is 2.66. The molecule has 2 N–H and O–H groups in total. The Morgan fingerprint density at radius 3 is 2.50 bits per heavy atom. The molecule has 0 aromatic heterocycles. The number of nitrogens with one attached hydrogen (secondary N) is 1. The summed E-state index contributed by atoms with van der Waals surface area (Å²) in [5.41, 5.74) is -0.0169. The summed E-state index contributed by atoms with van der Waals surface area (Å²) >= 11 is 3.32. The predicted molar refractivity (Wildman–Crippen MR) is 85.2 cm³/mol. The molecule has 6 nitrogen and oxygen atoms in total. The average molecular weight is 374 g/mol. The van der Waals surface area contributed by atoms with Gasteiger partial charge in [-0.1, -0.05) is 22.0 Å². The van der Waals surface area contributed by atoms with Gasteiger partial charge in [-0.05, 0) is 38.5 Å². The van der Waals surface area contributed by atoms with Gasteiger partial charge in [0.2, 0.25) is 0 Å². The average Bonchev–Trinajstić information content (AvgIpc) is 2.37. The number of carbonyl (C=O) groups excluding carboxylic acids is 1. The van der Waals surface area contributed by atoms with E-state index in [9.17, 15) is 14.7 Å². The van der Waals surface area contributed by atoms with Gasteiger partial charge in [0.05, 0.1) is 7.11 Å². The Hall–Kier alpha value is -1.76. The first-order chi connectivity index (χ1) is 10.1. The zero-order chi connectivity index (χ0) is 16.9. The summed E-state index contributed by atoms with van der Waals surface area (Å²) in [4.78, 5) is 23.1. The van der Waals surface area contributed by atoms with Crippen molar-refractivity contribution < 1.29 is 24.2 Å². The highest BCUT2D eigenvalue weighted by Gasteiger charge is 2.25. The number of rotatable bonds is 5. The van der Waals surface area contributed by atoms with Crippen LogP contribution in [0.25, 0.3) is 0 Å². The monoisotopic (exact) mass is 373 g/mol. The third-order valence-corrected chi connectivity index (χ3v) is 3.16. The number of alkyl carbamates (subject to hydrolysis) is 1. The van der Waals surface area contributed by atoms with Gasteiger partial charge in [-0.3, -0.25) is 0 Å². The third kappa shape index (κ3) is 5.93. The van der Waals surface area contributed by atoms with Gasteiger partial charge in [0.25, 0.3) is 0 Å². The smallest absolute Gasteiger partial charge is 0.408 e. The summed E-state index contributed by atoms with van der Waals surface area (Å²) in [6.07, 6.45) is -0.679. The number of ether oxygens (including phenoxy) is 2. The standard InChI is InChI=1S/C15H20BrNO5/c1-15(2,3)22-14(20)17-11(13(18)19)7-9-5-6-10(16)8-12(9)21-4/h5-6,8,11H,7H2,1-4H3,(H,17,20)(H,18,19). The van der Waals surface area contributed by atoms with Crippen LogP contribution in [0.5, 0.6) is 5.75 Å². The van der Waals surface area contributed by atoms with Gasteiger partial charge in [0.1, 0.15) is 17.4 Å². The second-order valence-electron chi connectivity index (χ2n) is 5.70. The van der Waals surface area contributed by atoms with Crippen molar-refractivity contribution in [3.05, 3.63) is 28.2 Å². The van der Waals surface area contributed by atoms with Crippen LogP contribution in [-0.2, 0) is 16.0 Å². The maximum atomic E-state index is 11.7. The zero-order valence-electron chi connectivity index (χ0n) is 13.0. The number of hydrogen-bond acceptors (Lipinski definition) is 4. The lowest BCUT2D eigenvalue weighted by Crippen LogP contribution is -2.44. The molecular weight excluding hydrogens is 354 g/mol. The molecule has 22 heavy (non-hydrogen) atoms. The van der Waals surface area contributed by atoms with Gasteiger partial charge < -0.3 is 19.9 Å². The molecule has 1 aromatic rings. The first-order valence-electron chi connectivity index (χ1n) is 6.67. The first-order valence-corrected chi connectivity index (χ1v) is 7.46. The van der Waals surface area contributed by atoms with Crippen LogP contribution in [0.2, 0.25) is 0 Å². The van der Waals surface area contributed by atoms with Crippen LogP contribution in [0.4, 0.5) is 4.79 Å². The van der Waals surface area contributed by atoms with Crippen molar-refractivity contribution in [3.63, 3.8) is 0 Å². The summed E-state index contributed by atoms with van der Waals surface area (Å²) < 4.78 is 11.1. The first kappa shape index (κ1) is 18.3. The number of carbonyl (C=O) groups is 2. The van der Waals surface area contributed by atoms with Crippen LogP contribution in [0.3, 0.4) is 0 Å². The molecule has 0 saturated carbocycles. The van der Waals surface area contributed by atoms with Crippen molar-refractivity contribution >= 4 is 28.0 Å². The van der Waals surface area contributed by atoms with Crippen molar-refractivity contribution in [2.75, 3.05) is 7.11 Å². The van der Waals surface area contributed by atoms with E-state index in [1.165, 1.54) is 7.11 Å². The van der Waals surface area contributed by atoms with E-state index in [0.29, 0.717) is 11.3 Å². The minimum absolute atomic E-state index is 0.0883. The summed E-state index contributed by atoms with van der Waals surface area (Å²) in [6.45, 7) is 5.13.